The van der Waals surface area contributed by atoms with Gasteiger partial charge in [-0.15, -0.1) is 0 Å². The fourth-order valence-corrected chi connectivity index (χ4v) is 13.8. The van der Waals surface area contributed by atoms with Crippen LogP contribution < -0.4 is 0 Å². The van der Waals surface area contributed by atoms with E-state index in [0.29, 0.717) is 22.3 Å². The zero-order valence-electron chi connectivity index (χ0n) is 42.6. The van der Waals surface area contributed by atoms with Gasteiger partial charge in [0.25, 0.3) is 0 Å². The van der Waals surface area contributed by atoms with Crippen molar-refractivity contribution in [3.05, 3.63) is 263 Å². The summed E-state index contributed by atoms with van der Waals surface area (Å²) in [5.74, 6) is -0.329. The van der Waals surface area contributed by atoms with E-state index in [1.807, 2.05) is 0 Å². The van der Waals surface area contributed by atoms with Gasteiger partial charge in [0.2, 0.25) is 0 Å². The number of rotatable bonds is 4. The van der Waals surface area contributed by atoms with Crippen LogP contribution in [-0.2, 0) is 0 Å². The van der Waals surface area contributed by atoms with Crippen LogP contribution >= 0.6 is 0 Å². The molecule has 0 saturated heterocycles. The van der Waals surface area contributed by atoms with E-state index >= 15 is 9.59 Å². The molecular weight excluding hydrogens is 921 g/mol. The third kappa shape index (κ3) is 5.98. The van der Waals surface area contributed by atoms with Crippen LogP contribution in [0.2, 0.25) is 0 Å². The average molecular weight is 969 g/mol. The molecule has 0 N–H and O–H groups in total. The molecule has 356 valence electrons. The van der Waals surface area contributed by atoms with Crippen molar-refractivity contribution in [1.29, 1.82) is 0 Å². The van der Waals surface area contributed by atoms with Crippen molar-refractivity contribution >= 4 is 97.7 Å². The molecule has 0 amide bonds. The quantitative estimate of drug-likeness (QED) is 0.165. The summed E-state index contributed by atoms with van der Waals surface area (Å²) >= 11 is 0. The van der Waals surface area contributed by atoms with Gasteiger partial charge >= 0.3 is 0 Å². The Kier molecular flexibility index (Phi) is 9.56. The molecule has 2 heteroatoms. The molecule has 1 aliphatic carbocycles. The molecule has 0 fully saturated rings. The van der Waals surface area contributed by atoms with E-state index in [1.54, 1.807) is 0 Å². The molecule has 14 aromatic rings. The number of benzene rings is 14. The van der Waals surface area contributed by atoms with E-state index in [9.17, 15) is 0 Å². The summed E-state index contributed by atoms with van der Waals surface area (Å²) in [6.07, 6.45) is 0. The number of ketones is 2. The second-order valence-corrected chi connectivity index (χ2v) is 20.8. The predicted octanol–water partition coefficient (Wildman–Crippen LogP) is 19.6. The Labute approximate surface area is 440 Å². The number of hydrogen-bond acceptors (Lipinski definition) is 2. The maximum atomic E-state index is 17.5. The summed E-state index contributed by atoms with van der Waals surface area (Å²) in [6.45, 7) is 8.75. The zero-order valence-corrected chi connectivity index (χ0v) is 42.6. The first-order valence-corrected chi connectivity index (χ1v) is 26.3. The molecule has 15 rings (SSSR count). The molecule has 0 radical (unpaired) electrons. The minimum Gasteiger partial charge on any atom is -0.289 e. The Bertz CT molecular complexity index is 4100. The molecule has 0 bridgehead atoms. The lowest BCUT2D eigenvalue weighted by molar-refractivity contribution is 0.0981. The highest BCUT2D eigenvalue weighted by Gasteiger charge is 2.40. The van der Waals surface area contributed by atoms with Crippen molar-refractivity contribution in [2.75, 3.05) is 0 Å². The smallest absolute Gasteiger partial charge is 0.195 e. The van der Waals surface area contributed by atoms with Gasteiger partial charge < -0.3 is 0 Å². The van der Waals surface area contributed by atoms with E-state index < -0.39 is 0 Å². The summed E-state index contributed by atoms with van der Waals surface area (Å²) in [4.78, 5) is 35.0. The number of hydrogen-bond donors (Lipinski definition) is 0. The second kappa shape index (κ2) is 16.5. The largest absolute Gasteiger partial charge is 0.289 e. The molecular formula is C74H48O2. The van der Waals surface area contributed by atoms with Crippen LogP contribution in [0.15, 0.2) is 218 Å². The van der Waals surface area contributed by atoms with E-state index in [-0.39, 0.29) is 11.6 Å². The minimum absolute atomic E-state index is 0.165. The fraction of sp³-hybridized carbons (Fsp3) is 0.0541. The number of aryl methyl sites for hydroxylation is 4. The Morgan fingerprint density at radius 3 is 0.447 bits per heavy atom. The topological polar surface area (TPSA) is 34.1 Å². The Morgan fingerprint density at radius 2 is 0.303 bits per heavy atom. The van der Waals surface area contributed by atoms with Crippen LogP contribution in [0, 0.1) is 27.7 Å². The van der Waals surface area contributed by atoms with Crippen molar-refractivity contribution in [1.82, 2.24) is 0 Å². The van der Waals surface area contributed by atoms with Gasteiger partial charge in [-0.05, 0) is 181 Å². The average Bonchev–Trinajstić information content (AvgIpc) is 3.47. The molecule has 0 atom stereocenters. The highest BCUT2D eigenvalue weighted by Crippen LogP contribution is 2.53. The predicted molar refractivity (Wildman–Crippen MR) is 320 cm³/mol. The normalized spacial score (nSPS) is 12.5. The van der Waals surface area contributed by atoms with Gasteiger partial charge in [0.05, 0.1) is 0 Å². The van der Waals surface area contributed by atoms with Crippen LogP contribution in [0.3, 0.4) is 0 Å². The van der Waals surface area contributed by atoms with Crippen molar-refractivity contribution < 1.29 is 9.59 Å². The SMILES string of the molecule is Cc1c2ccccc2c(-c2ccc(-c3c4ccccc4c(C)c4ccccc34)c3c2C(=O)c2c(-c4c5ccccc5c(C)c5ccccc45)ccc(-c4c5ccccc5c(C)c5ccccc45)c2C3=O)c2ccccc12. The lowest BCUT2D eigenvalue weighted by atomic mass is 9.71. The molecule has 1 aliphatic rings. The number of fused-ring (bicyclic) bond motifs is 10. The Hall–Kier alpha value is -9.50. The maximum Gasteiger partial charge on any atom is 0.195 e. The summed E-state index contributed by atoms with van der Waals surface area (Å²) in [6, 6.07) is 76.9. The van der Waals surface area contributed by atoms with E-state index in [0.717, 1.165) is 131 Å². The summed E-state index contributed by atoms with van der Waals surface area (Å²) in [5, 5.41) is 17.2. The van der Waals surface area contributed by atoms with Gasteiger partial charge in [-0.2, -0.15) is 0 Å². The standard InChI is InChI=1S/C74H48O2/c1-41-45-21-5-13-29-53(45)65(54-30-14-6-22-46(41)54)61-37-38-62(66-55-31-15-7-23-47(55)42(2)48-24-8-16-32-56(48)66)70-69(61)73(75)71-63(67-57-33-17-9-25-49(57)43(3)50-26-10-18-34-58(50)67)39-40-64(72(71)74(70)76)68-59-35-19-11-27-51(59)44(4)52-28-12-20-36-60(52)68/h5-40H,1-4H3. The van der Waals surface area contributed by atoms with Gasteiger partial charge in [0.1, 0.15) is 0 Å². The van der Waals surface area contributed by atoms with Gasteiger partial charge in [0, 0.05) is 22.3 Å². The van der Waals surface area contributed by atoms with Crippen molar-refractivity contribution in [2.24, 2.45) is 0 Å². The molecule has 0 saturated carbocycles. The Morgan fingerprint density at radius 1 is 0.171 bits per heavy atom. The van der Waals surface area contributed by atoms with E-state index in [4.69, 9.17) is 0 Å². The van der Waals surface area contributed by atoms with Gasteiger partial charge in [-0.1, -0.05) is 218 Å². The summed E-state index contributed by atoms with van der Waals surface area (Å²) in [5.41, 5.74) is 13.2. The van der Waals surface area contributed by atoms with Crippen LogP contribution in [0.4, 0.5) is 0 Å². The molecule has 0 aromatic heterocycles. The first-order chi connectivity index (χ1) is 37.3. The molecule has 76 heavy (non-hydrogen) atoms. The zero-order chi connectivity index (χ0) is 51.1. The van der Waals surface area contributed by atoms with Crippen LogP contribution in [0.1, 0.15) is 54.1 Å². The molecule has 2 nitrogen and oxygen atoms in total. The molecule has 0 spiro atoms. The second-order valence-electron chi connectivity index (χ2n) is 20.8. The lowest BCUT2D eigenvalue weighted by Crippen LogP contribution is -2.25. The third-order valence-electron chi connectivity index (χ3n) is 17.2. The van der Waals surface area contributed by atoms with Crippen molar-refractivity contribution in [2.45, 2.75) is 27.7 Å². The van der Waals surface area contributed by atoms with Crippen molar-refractivity contribution in [3.8, 4) is 44.5 Å². The number of carbonyl (C=O) groups is 2. The molecule has 14 aromatic carbocycles. The highest BCUT2D eigenvalue weighted by molar-refractivity contribution is 6.39. The summed E-state index contributed by atoms with van der Waals surface area (Å²) < 4.78 is 0. The highest BCUT2D eigenvalue weighted by atomic mass is 16.1. The molecule has 0 aliphatic heterocycles. The first kappa shape index (κ1) is 44.0. The van der Waals surface area contributed by atoms with Gasteiger partial charge in [0.15, 0.2) is 11.6 Å². The minimum atomic E-state index is -0.165. The Balaban J connectivity index is 1.17. The van der Waals surface area contributed by atoms with E-state index in [2.05, 4.69) is 246 Å². The van der Waals surface area contributed by atoms with E-state index in [1.165, 1.54) is 22.3 Å². The third-order valence-corrected chi connectivity index (χ3v) is 17.2. The maximum absolute atomic E-state index is 17.5. The fourth-order valence-electron chi connectivity index (χ4n) is 13.8. The molecule has 0 heterocycles. The van der Waals surface area contributed by atoms with Gasteiger partial charge in [-0.3, -0.25) is 9.59 Å². The van der Waals surface area contributed by atoms with Crippen LogP contribution in [-0.4, -0.2) is 11.6 Å². The van der Waals surface area contributed by atoms with Crippen LogP contribution in [0.5, 0.6) is 0 Å². The molecule has 0 unspecified atom stereocenters. The summed E-state index contributed by atoms with van der Waals surface area (Å²) in [7, 11) is 0. The monoisotopic (exact) mass is 968 g/mol. The lowest BCUT2D eigenvalue weighted by Gasteiger charge is -2.29. The first-order valence-electron chi connectivity index (χ1n) is 26.3. The van der Waals surface area contributed by atoms with Crippen LogP contribution in [0.25, 0.3) is 131 Å². The van der Waals surface area contributed by atoms with Crippen molar-refractivity contribution in [3.63, 3.8) is 0 Å². The number of carbonyl (C=O) groups excluding carboxylic acids is 2. The van der Waals surface area contributed by atoms with Gasteiger partial charge in [-0.25, -0.2) is 0 Å².